The lowest BCUT2D eigenvalue weighted by atomic mass is 10.2. The van der Waals surface area contributed by atoms with Gasteiger partial charge >= 0.3 is 0 Å². The molecule has 0 saturated carbocycles. The first kappa shape index (κ1) is 13.3. The largest absolute Gasteiger partial charge is 0.483 e. The molecule has 0 atom stereocenters. The Kier molecular flexibility index (Phi) is 3.11. The Morgan fingerprint density at radius 2 is 2.23 bits per heavy atom. The van der Waals surface area contributed by atoms with Gasteiger partial charge in [0.25, 0.3) is 0 Å². The number of nitrogens with zero attached hydrogens (tertiary/aromatic N) is 5. The Morgan fingerprint density at radius 1 is 1.32 bits per heavy atom. The highest BCUT2D eigenvalue weighted by Gasteiger charge is 2.23. The van der Waals surface area contributed by atoms with Gasteiger partial charge in [-0.25, -0.2) is 0 Å². The summed E-state index contributed by atoms with van der Waals surface area (Å²) in [6, 6.07) is 5.78. The molecule has 1 aromatic carbocycles. The van der Waals surface area contributed by atoms with E-state index < -0.39 is 0 Å². The van der Waals surface area contributed by atoms with Crippen LogP contribution in [0.2, 0.25) is 5.02 Å². The third kappa shape index (κ3) is 2.16. The third-order valence-electron chi connectivity index (χ3n) is 3.76. The summed E-state index contributed by atoms with van der Waals surface area (Å²) in [4.78, 5) is 0. The van der Waals surface area contributed by atoms with E-state index in [0.29, 0.717) is 11.6 Å². The second-order valence-electron chi connectivity index (χ2n) is 5.24. The fourth-order valence-electron chi connectivity index (χ4n) is 2.62. The average molecular weight is 316 g/mol. The Balaban J connectivity index is 1.72. The van der Waals surface area contributed by atoms with E-state index in [4.69, 9.17) is 16.3 Å². The summed E-state index contributed by atoms with van der Waals surface area (Å²) < 4.78 is 9.67. The molecular weight excluding hydrogens is 302 g/mol. The Bertz CT molecular complexity index is 825. The molecule has 0 radical (unpaired) electrons. The maximum absolute atomic E-state index is 6.18. The van der Waals surface area contributed by atoms with Crippen LogP contribution >= 0.6 is 11.6 Å². The number of ether oxygens (including phenoxy) is 1. The molecule has 1 aliphatic rings. The van der Waals surface area contributed by atoms with E-state index in [0.717, 1.165) is 41.6 Å². The normalized spacial score (nSPS) is 12.6. The fourth-order valence-corrected chi connectivity index (χ4v) is 2.77. The van der Waals surface area contributed by atoms with E-state index in [-0.39, 0.29) is 0 Å². The van der Waals surface area contributed by atoms with Crippen LogP contribution in [-0.4, -0.2) is 24.5 Å². The summed E-state index contributed by atoms with van der Waals surface area (Å²) in [5.41, 5.74) is 1.95. The van der Waals surface area contributed by atoms with Crippen LogP contribution in [0.15, 0.2) is 30.6 Å². The minimum Gasteiger partial charge on any atom is -0.483 e. The van der Waals surface area contributed by atoms with Gasteiger partial charge in [0, 0.05) is 36.4 Å². The van der Waals surface area contributed by atoms with Crippen molar-refractivity contribution in [2.75, 3.05) is 0 Å². The van der Waals surface area contributed by atoms with Crippen LogP contribution in [0.25, 0.3) is 5.69 Å². The second kappa shape index (κ2) is 5.14. The number of aromatic nitrogens is 5. The van der Waals surface area contributed by atoms with E-state index in [1.54, 1.807) is 6.20 Å². The Morgan fingerprint density at radius 3 is 3.05 bits per heavy atom. The summed E-state index contributed by atoms with van der Waals surface area (Å²) in [5.74, 6) is 2.48. The molecule has 0 fully saturated rings. The highest BCUT2D eigenvalue weighted by atomic mass is 35.5. The van der Waals surface area contributed by atoms with Crippen molar-refractivity contribution < 1.29 is 4.74 Å². The van der Waals surface area contributed by atoms with Crippen LogP contribution in [0.1, 0.15) is 17.2 Å². The van der Waals surface area contributed by atoms with Crippen molar-refractivity contribution in [2.45, 2.75) is 26.5 Å². The number of hydrogen-bond acceptors (Lipinski definition) is 4. The summed E-state index contributed by atoms with van der Waals surface area (Å²) in [5, 5.41) is 13.5. The predicted octanol–water partition coefficient (Wildman–Crippen LogP) is 2.56. The topological polar surface area (TPSA) is 57.8 Å². The number of fused-ring (bicyclic) bond motifs is 3. The van der Waals surface area contributed by atoms with Crippen LogP contribution < -0.4 is 4.74 Å². The van der Waals surface area contributed by atoms with Gasteiger partial charge in [0.15, 0.2) is 5.82 Å². The molecule has 3 heterocycles. The Labute approximate surface area is 132 Å². The van der Waals surface area contributed by atoms with E-state index in [9.17, 15) is 0 Å². The van der Waals surface area contributed by atoms with Gasteiger partial charge in [0.05, 0.1) is 5.69 Å². The van der Waals surface area contributed by atoms with Crippen LogP contribution in [0, 0.1) is 6.92 Å². The molecule has 0 aliphatic carbocycles. The van der Waals surface area contributed by atoms with Crippen LogP contribution in [0.5, 0.6) is 5.75 Å². The highest BCUT2D eigenvalue weighted by molar-refractivity contribution is 6.31. The van der Waals surface area contributed by atoms with Gasteiger partial charge in [0.1, 0.15) is 18.2 Å². The average Bonchev–Trinajstić information content (AvgIpc) is 3.15. The molecule has 0 unspecified atom stereocenters. The smallest absolute Gasteiger partial charge is 0.175 e. The van der Waals surface area contributed by atoms with Gasteiger partial charge in [-0.05, 0) is 24.6 Å². The third-order valence-corrected chi connectivity index (χ3v) is 4.17. The van der Waals surface area contributed by atoms with E-state index in [2.05, 4.69) is 19.9 Å². The van der Waals surface area contributed by atoms with E-state index in [1.165, 1.54) is 0 Å². The first-order valence-corrected chi connectivity index (χ1v) is 7.44. The maximum atomic E-state index is 6.18. The molecule has 6 nitrogen and oxygen atoms in total. The summed E-state index contributed by atoms with van der Waals surface area (Å²) in [7, 11) is 0. The quantitative estimate of drug-likeness (QED) is 0.745. The SMILES string of the molecule is Cc1cc2c(cc1Cl)OCc1nnc(CCn3cccn3)n1-2. The van der Waals surface area contributed by atoms with Gasteiger partial charge in [-0.15, -0.1) is 10.2 Å². The summed E-state index contributed by atoms with van der Waals surface area (Å²) in [6.07, 6.45) is 4.46. The number of halogens is 1. The number of benzene rings is 1. The van der Waals surface area contributed by atoms with Crippen LogP contribution in [-0.2, 0) is 19.6 Å². The number of aryl methyl sites for hydroxylation is 3. The Hall–Kier alpha value is -2.34. The molecule has 112 valence electrons. The second-order valence-corrected chi connectivity index (χ2v) is 5.65. The zero-order valence-corrected chi connectivity index (χ0v) is 12.8. The number of hydrogen-bond donors (Lipinski definition) is 0. The van der Waals surface area contributed by atoms with Gasteiger partial charge in [-0.2, -0.15) is 5.10 Å². The van der Waals surface area contributed by atoms with Crippen LogP contribution in [0.4, 0.5) is 0 Å². The first-order valence-electron chi connectivity index (χ1n) is 7.06. The highest BCUT2D eigenvalue weighted by Crippen LogP contribution is 2.34. The van der Waals surface area contributed by atoms with Gasteiger partial charge in [0.2, 0.25) is 0 Å². The molecule has 2 aromatic heterocycles. The molecule has 0 bridgehead atoms. The molecule has 0 spiro atoms. The lowest BCUT2D eigenvalue weighted by molar-refractivity contribution is 0.278. The van der Waals surface area contributed by atoms with Gasteiger partial charge < -0.3 is 4.74 Å². The molecule has 3 aromatic rings. The monoisotopic (exact) mass is 315 g/mol. The predicted molar refractivity (Wildman–Crippen MR) is 81.4 cm³/mol. The summed E-state index contributed by atoms with van der Waals surface area (Å²) >= 11 is 6.18. The molecule has 0 amide bonds. The minimum absolute atomic E-state index is 0.404. The zero-order chi connectivity index (χ0) is 15.1. The van der Waals surface area contributed by atoms with E-state index >= 15 is 0 Å². The molecule has 7 heteroatoms. The van der Waals surface area contributed by atoms with Crippen molar-refractivity contribution in [1.29, 1.82) is 0 Å². The molecular formula is C15H14ClN5O. The van der Waals surface area contributed by atoms with Gasteiger partial charge in [-0.1, -0.05) is 11.6 Å². The van der Waals surface area contributed by atoms with Crippen LogP contribution in [0.3, 0.4) is 0 Å². The van der Waals surface area contributed by atoms with Crippen molar-refractivity contribution in [3.05, 3.63) is 52.8 Å². The van der Waals surface area contributed by atoms with Crippen molar-refractivity contribution in [3.63, 3.8) is 0 Å². The van der Waals surface area contributed by atoms with E-state index in [1.807, 2.05) is 36.0 Å². The molecule has 22 heavy (non-hydrogen) atoms. The fraction of sp³-hybridized carbons (Fsp3) is 0.267. The lowest BCUT2D eigenvalue weighted by Crippen LogP contribution is -2.16. The van der Waals surface area contributed by atoms with Crippen molar-refractivity contribution >= 4 is 11.6 Å². The maximum Gasteiger partial charge on any atom is 0.175 e. The number of rotatable bonds is 3. The zero-order valence-electron chi connectivity index (χ0n) is 12.0. The molecule has 0 N–H and O–H groups in total. The van der Waals surface area contributed by atoms with Crippen molar-refractivity contribution in [1.82, 2.24) is 24.5 Å². The van der Waals surface area contributed by atoms with Crippen molar-refractivity contribution in [2.24, 2.45) is 0 Å². The van der Waals surface area contributed by atoms with Crippen molar-refractivity contribution in [3.8, 4) is 11.4 Å². The standard InChI is InChI=1S/C15H14ClN5O/c1-10-7-12-13(8-11(10)16)22-9-15-19-18-14(21(12)15)3-6-20-5-2-4-17-20/h2,4-5,7-8H,3,6,9H2,1H3. The minimum atomic E-state index is 0.404. The molecule has 0 saturated heterocycles. The molecule has 4 rings (SSSR count). The lowest BCUT2D eigenvalue weighted by Gasteiger charge is -2.21. The first-order chi connectivity index (χ1) is 10.7. The molecule has 1 aliphatic heterocycles. The summed E-state index contributed by atoms with van der Waals surface area (Å²) in [6.45, 7) is 3.14. The van der Waals surface area contributed by atoms with Gasteiger partial charge in [-0.3, -0.25) is 9.25 Å².